The second kappa shape index (κ2) is 7.64. The highest BCUT2D eigenvalue weighted by Crippen LogP contribution is 2.37. The number of nitrogens with zero attached hydrogens (tertiary/aromatic N) is 2. The molecule has 0 unspecified atom stereocenters. The highest BCUT2D eigenvalue weighted by Gasteiger charge is 2.19. The van der Waals surface area contributed by atoms with Crippen molar-refractivity contribution in [2.75, 3.05) is 0 Å². The van der Waals surface area contributed by atoms with Crippen molar-refractivity contribution in [3.63, 3.8) is 0 Å². The lowest BCUT2D eigenvalue weighted by atomic mass is 9.85. The maximum atomic E-state index is 4.66. The summed E-state index contributed by atoms with van der Waals surface area (Å²) in [4.78, 5) is 9.31. The summed E-state index contributed by atoms with van der Waals surface area (Å²) in [7, 11) is 0. The van der Waals surface area contributed by atoms with Gasteiger partial charge in [-0.05, 0) is 78.9 Å². The highest BCUT2D eigenvalue weighted by atomic mass is 14.9. The number of fused-ring (bicyclic) bond motifs is 5. The average molecular weight is 435 g/mol. The van der Waals surface area contributed by atoms with Crippen LogP contribution in [0.1, 0.15) is 12.8 Å². The fourth-order valence-electron chi connectivity index (χ4n) is 5.58. The Bertz CT molecular complexity index is 1850. The SMILES string of the molecule is C1=c2c(-c3ncccn3)c3ccccc3c(-c3cc4ccccc4c4ccccc34)c2=CCC1. The smallest absolute Gasteiger partial charge is 0.160 e. The Hall–Kier alpha value is -4.30. The van der Waals surface area contributed by atoms with E-state index in [1.54, 1.807) is 0 Å². The van der Waals surface area contributed by atoms with Gasteiger partial charge < -0.3 is 0 Å². The predicted molar refractivity (Wildman–Crippen MR) is 143 cm³/mol. The van der Waals surface area contributed by atoms with Crippen molar-refractivity contribution in [2.45, 2.75) is 12.8 Å². The van der Waals surface area contributed by atoms with Gasteiger partial charge in [0.15, 0.2) is 5.82 Å². The molecule has 5 aromatic carbocycles. The molecule has 0 bridgehead atoms. The van der Waals surface area contributed by atoms with Gasteiger partial charge >= 0.3 is 0 Å². The van der Waals surface area contributed by atoms with E-state index < -0.39 is 0 Å². The van der Waals surface area contributed by atoms with Crippen LogP contribution >= 0.6 is 0 Å². The minimum Gasteiger partial charge on any atom is -0.237 e. The zero-order chi connectivity index (χ0) is 22.5. The molecule has 34 heavy (non-hydrogen) atoms. The lowest BCUT2D eigenvalue weighted by molar-refractivity contribution is 1.11. The molecular weight excluding hydrogens is 412 g/mol. The van der Waals surface area contributed by atoms with Crippen LogP contribution in [0.5, 0.6) is 0 Å². The van der Waals surface area contributed by atoms with E-state index in [1.165, 1.54) is 53.9 Å². The average Bonchev–Trinajstić information content (AvgIpc) is 2.92. The molecule has 0 amide bonds. The topological polar surface area (TPSA) is 25.8 Å². The normalized spacial score (nSPS) is 12.9. The van der Waals surface area contributed by atoms with Crippen LogP contribution in [0.2, 0.25) is 0 Å². The maximum Gasteiger partial charge on any atom is 0.160 e. The second-order valence-electron chi connectivity index (χ2n) is 8.87. The molecule has 160 valence electrons. The Kier molecular flexibility index (Phi) is 4.31. The predicted octanol–water partition coefficient (Wildman–Crippen LogP) is 6.63. The molecule has 0 saturated heterocycles. The molecule has 7 rings (SSSR count). The monoisotopic (exact) mass is 434 g/mol. The fourth-order valence-corrected chi connectivity index (χ4v) is 5.58. The van der Waals surface area contributed by atoms with Gasteiger partial charge in [-0.2, -0.15) is 0 Å². The zero-order valence-electron chi connectivity index (χ0n) is 18.7. The van der Waals surface area contributed by atoms with Crippen molar-refractivity contribution >= 4 is 44.5 Å². The summed E-state index contributed by atoms with van der Waals surface area (Å²) in [5.74, 6) is 0.788. The lowest BCUT2D eigenvalue weighted by Crippen LogP contribution is -2.32. The van der Waals surface area contributed by atoms with Crippen molar-refractivity contribution in [1.29, 1.82) is 0 Å². The van der Waals surface area contributed by atoms with E-state index in [1.807, 2.05) is 18.5 Å². The van der Waals surface area contributed by atoms with Crippen LogP contribution in [-0.2, 0) is 0 Å². The summed E-state index contributed by atoms with van der Waals surface area (Å²) < 4.78 is 0. The molecule has 1 aliphatic rings. The van der Waals surface area contributed by atoms with Gasteiger partial charge in [0.2, 0.25) is 0 Å². The standard InChI is InChI=1S/C32H22N2/c1-2-11-22-21(10-1)20-29(24-13-4-3-12-23(22)24)30-25-14-5-7-16-27(25)31(32-33-18-9-19-34-32)28-17-8-6-15-26(28)30/h1-5,7,9-20H,6,8H2. The van der Waals surface area contributed by atoms with E-state index in [4.69, 9.17) is 0 Å². The third-order valence-corrected chi connectivity index (χ3v) is 6.98. The summed E-state index contributed by atoms with van der Waals surface area (Å²) in [6.45, 7) is 0. The van der Waals surface area contributed by atoms with Crippen LogP contribution in [0.4, 0.5) is 0 Å². The van der Waals surface area contributed by atoms with Crippen LogP contribution in [0.15, 0.2) is 97.3 Å². The zero-order valence-corrected chi connectivity index (χ0v) is 18.7. The minimum absolute atomic E-state index is 0.788. The largest absolute Gasteiger partial charge is 0.237 e. The Morgan fingerprint density at radius 2 is 1.06 bits per heavy atom. The van der Waals surface area contributed by atoms with Crippen molar-refractivity contribution < 1.29 is 0 Å². The third-order valence-electron chi connectivity index (χ3n) is 6.98. The highest BCUT2D eigenvalue weighted by molar-refractivity contribution is 6.17. The summed E-state index contributed by atoms with van der Waals surface area (Å²) >= 11 is 0. The van der Waals surface area contributed by atoms with Crippen molar-refractivity contribution in [3.8, 4) is 22.5 Å². The maximum absolute atomic E-state index is 4.66. The third kappa shape index (κ3) is 2.82. The number of benzene rings is 5. The number of rotatable bonds is 2. The van der Waals surface area contributed by atoms with Crippen LogP contribution in [0.25, 0.3) is 67.0 Å². The summed E-state index contributed by atoms with van der Waals surface area (Å²) in [5, 5.41) is 10.1. The Balaban J connectivity index is 1.72. The van der Waals surface area contributed by atoms with Gasteiger partial charge in [0, 0.05) is 18.0 Å². The van der Waals surface area contributed by atoms with Gasteiger partial charge in [0.1, 0.15) is 0 Å². The van der Waals surface area contributed by atoms with E-state index in [0.29, 0.717) is 0 Å². The van der Waals surface area contributed by atoms with Crippen LogP contribution in [-0.4, -0.2) is 9.97 Å². The van der Waals surface area contributed by atoms with Gasteiger partial charge in [-0.15, -0.1) is 0 Å². The molecule has 0 spiro atoms. The molecule has 0 N–H and O–H groups in total. The molecule has 0 radical (unpaired) electrons. The first-order valence-electron chi connectivity index (χ1n) is 11.8. The molecule has 0 fully saturated rings. The first-order valence-corrected chi connectivity index (χ1v) is 11.8. The summed E-state index contributed by atoms with van der Waals surface area (Å²) in [6.07, 6.45) is 10.5. The van der Waals surface area contributed by atoms with Gasteiger partial charge in [-0.3, -0.25) is 0 Å². The summed E-state index contributed by atoms with van der Waals surface area (Å²) in [5.41, 5.74) is 3.73. The van der Waals surface area contributed by atoms with Gasteiger partial charge in [0.05, 0.1) is 0 Å². The molecule has 1 aromatic heterocycles. The first-order chi connectivity index (χ1) is 16.9. The first kappa shape index (κ1) is 19.2. The van der Waals surface area contributed by atoms with Crippen LogP contribution < -0.4 is 10.4 Å². The minimum atomic E-state index is 0.788. The van der Waals surface area contributed by atoms with Crippen LogP contribution in [0, 0.1) is 0 Å². The van der Waals surface area contributed by atoms with E-state index in [-0.39, 0.29) is 0 Å². The van der Waals surface area contributed by atoms with E-state index >= 15 is 0 Å². The van der Waals surface area contributed by atoms with Gasteiger partial charge in [0.25, 0.3) is 0 Å². The van der Waals surface area contributed by atoms with E-state index in [2.05, 4.69) is 101 Å². The molecule has 0 aliphatic heterocycles. The molecule has 1 aliphatic carbocycles. The van der Waals surface area contributed by atoms with Crippen molar-refractivity contribution in [3.05, 3.63) is 108 Å². The fraction of sp³-hybridized carbons (Fsp3) is 0.0625. The summed E-state index contributed by atoms with van der Waals surface area (Å²) in [6, 6.07) is 30.5. The number of aromatic nitrogens is 2. The van der Waals surface area contributed by atoms with Crippen molar-refractivity contribution in [1.82, 2.24) is 9.97 Å². The molecule has 0 atom stereocenters. The molecule has 6 aromatic rings. The molecule has 2 heteroatoms. The lowest BCUT2D eigenvalue weighted by Gasteiger charge is -2.18. The Labute approximate surface area is 197 Å². The Morgan fingerprint density at radius 1 is 0.500 bits per heavy atom. The van der Waals surface area contributed by atoms with Gasteiger partial charge in [-0.1, -0.05) is 84.9 Å². The van der Waals surface area contributed by atoms with Crippen LogP contribution in [0.3, 0.4) is 0 Å². The molecule has 2 nitrogen and oxygen atoms in total. The second-order valence-corrected chi connectivity index (χ2v) is 8.87. The molecular formula is C32H22N2. The molecule has 0 saturated carbocycles. The quantitative estimate of drug-likeness (QED) is 0.286. The van der Waals surface area contributed by atoms with Gasteiger partial charge in [-0.25, -0.2) is 9.97 Å². The molecule has 1 heterocycles. The van der Waals surface area contributed by atoms with Crippen molar-refractivity contribution in [2.24, 2.45) is 0 Å². The number of hydrogen-bond donors (Lipinski definition) is 0. The Morgan fingerprint density at radius 3 is 1.79 bits per heavy atom. The van der Waals surface area contributed by atoms with E-state index in [0.717, 1.165) is 24.2 Å². The van der Waals surface area contributed by atoms with E-state index in [9.17, 15) is 0 Å². The number of hydrogen-bond acceptors (Lipinski definition) is 2.